The summed E-state index contributed by atoms with van der Waals surface area (Å²) >= 11 is 0. The Morgan fingerprint density at radius 2 is 1.76 bits per heavy atom. The van der Waals surface area contributed by atoms with E-state index in [9.17, 15) is 4.79 Å². The summed E-state index contributed by atoms with van der Waals surface area (Å²) in [5.41, 5.74) is 2.09. The van der Waals surface area contributed by atoms with Gasteiger partial charge in [-0.15, -0.1) is 0 Å². The Hall–Kier alpha value is -3.08. The standard InChI is InChI=1S/C16H10N2O3/c19-15-11-6-2-1-5-10(11)12(9-17-20)16-18(15)13-7-3-4-8-14(13)21-16/h1-9,20H/b17-9-. The van der Waals surface area contributed by atoms with Crippen molar-refractivity contribution >= 4 is 33.8 Å². The number of aromatic nitrogens is 1. The van der Waals surface area contributed by atoms with E-state index in [0.717, 1.165) is 0 Å². The molecule has 21 heavy (non-hydrogen) atoms. The molecule has 2 heterocycles. The molecule has 0 bridgehead atoms. The molecular formula is C16H10N2O3. The molecule has 2 aromatic carbocycles. The molecule has 5 heteroatoms. The van der Waals surface area contributed by atoms with Gasteiger partial charge in [0.2, 0.25) is 5.71 Å². The SMILES string of the molecule is O=c1c2ccccc2c(/C=N\O)c2oc3ccccc3n12. The summed E-state index contributed by atoms with van der Waals surface area (Å²) in [5.74, 6) is 0. The number of nitrogens with zero attached hydrogens (tertiary/aromatic N) is 2. The Balaban J connectivity index is 2.40. The maximum Gasteiger partial charge on any atom is 0.265 e. The summed E-state index contributed by atoms with van der Waals surface area (Å²) in [4.78, 5) is 12.7. The second-order valence-electron chi connectivity index (χ2n) is 4.72. The largest absolute Gasteiger partial charge is 0.437 e. The van der Waals surface area contributed by atoms with Gasteiger partial charge in [0.25, 0.3) is 5.56 Å². The van der Waals surface area contributed by atoms with E-state index in [-0.39, 0.29) is 5.56 Å². The van der Waals surface area contributed by atoms with E-state index in [0.29, 0.717) is 33.1 Å². The highest BCUT2D eigenvalue weighted by Gasteiger charge is 2.16. The monoisotopic (exact) mass is 278 g/mol. The van der Waals surface area contributed by atoms with Gasteiger partial charge in [-0.05, 0) is 18.2 Å². The van der Waals surface area contributed by atoms with Gasteiger partial charge >= 0.3 is 0 Å². The molecule has 0 radical (unpaired) electrons. The minimum absolute atomic E-state index is 0.152. The van der Waals surface area contributed by atoms with Gasteiger partial charge < -0.3 is 9.62 Å². The van der Waals surface area contributed by atoms with Crippen molar-refractivity contribution in [2.45, 2.75) is 0 Å². The van der Waals surface area contributed by atoms with Crippen LogP contribution in [0.4, 0.5) is 0 Å². The number of hydrogen-bond donors (Lipinski definition) is 1. The molecule has 2 aromatic heterocycles. The lowest BCUT2D eigenvalue weighted by Crippen LogP contribution is -2.14. The van der Waals surface area contributed by atoms with Gasteiger partial charge in [0.15, 0.2) is 5.58 Å². The van der Waals surface area contributed by atoms with Gasteiger partial charge in [0, 0.05) is 10.8 Å². The Bertz CT molecular complexity index is 1070. The van der Waals surface area contributed by atoms with Crippen LogP contribution in [0.25, 0.3) is 27.6 Å². The molecule has 0 aliphatic heterocycles. The molecule has 0 saturated carbocycles. The van der Waals surface area contributed by atoms with Crippen molar-refractivity contribution in [3.05, 3.63) is 64.4 Å². The number of oxazole rings is 1. The van der Waals surface area contributed by atoms with Crippen LogP contribution in [0, 0.1) is 0 Å². The van der Waals surface area contributed by atoms with E-state index in [1.807, 2.05) is 24.3 Å². The predicted octanol–water partition coefficient (Wildman–Crippen LogP) is 3.01. The third kappa shape index (κ3) is 1.51. The Morgan fingerprint density at radius 1 is 1.05 bits per heavy atom. The zero-order chi connectivity index (χ0) is 14.4. The average Bonchev–Trinajstić information content (AvgIpc) is 2.91. The Morgan fingerprint density at radius 3 is 2.57 bits per heavy atom. The van der Waals surface area contributed by atoms with E-state index >= 15 is 0 Å². The topological polar surface area (TPSA) is 67.2 Å². The van der Waals surface area contributed by atoms with Gasteiger partial charge in [-0.25, -0.2) is 4.40 Å². The van der Waals surface area contributed by atoms with Crippen molar-refractivity contribution in [1.29, 1.82) is 0 Å². The molecule has 4 rings (SSSR count). The number of benzene rings is 2. The molecule has 102 valence electrons. The number of hydrogen-bond acceptors (Lipinski definition) is 4. The van der Waals surface area contributed by atoms with Gasteiger partial charge in [0.1, 0.15) is 0 Å². The first-order valence-electron chi connectivity index (χ1n) is 6.43. The third-order valence-electron chi connectivity index (χ3n) is 3.58. The molecule has 0 aliphatic rings. The van der Waals surface area contributed by atoms with Crippen LogP contribution < -0.4 is 5.56 Å². The van der Waals surface area contributed by atoms with Gasteiger partial charge in [0.05, 0.1) is 17.3 Å². The van der Waals surface area contributed by atoms with Crippen LogP contribution in [0.5, 0.6) is 0 Å². The normalized spacial score (nSPS) is 12.0. The maximum atomic E-state index is 12.7. The molecule has 0 fully saturated rings. The van der Waals surface area contributed by atoms with Crippen molar-refractivity contribution in [3.63, 3.8) is 0 Å². The van der Waals surface area contributed by atoms with Crippen LogP contribution in [0.15, 0.2) is 62.9 Å². The van der Waals surface area contributed by atoms with E-state index in [1.165, 1.54) is 10.6 Å². The first-order valence-corrected chi connectivity index (χ1v) is 6.43. The second-order valence-corrected chi connectivity index (χ2v) is 4.72. The van der Waals surface area contributed by atoms with Crippen LogP contribution in [0.2, 0.25) is 0 Å². The molecule has 0 atom stereocenters. The average molecular weight is 278 g/mol. The van der Waals surface area contributed by atoms with Crippen molar-refractivity contribution in [2.75, 3.05) is 0 Å². The zero-order valence-corrected chi connectivity index (χ0v) is 10.9. The smallest absolute Gasteiger partial charge is 0.265 e. The number of para-hydroxylation sites is 2. The van der Waals surface area contributed by atoms with Crippen LogP contribution >= 0.6 is 0 Å². The van der Waals surface area contributed by atoms with Crippen LogP contribution in [0.1, 0.15) is 5.56 Å². The van der Waals surface area contributed by atoms with Gasteiger partial charge in [-0.1, -0.05) is 35.5 Å². The molecule has 0 spiro atoms. The fourth-order valence-corrected chi connectivity index (χ4v) is 2.69. The highest BCUT2D eigenvalue weighted by atomic mass is 16.4. The van der Waals surface area contributed by atoms with Crippen molar-refractivity contribution < 1.29 is 9.62 Å². The minimum atomic E-state index is -0.152. The van der Waals surface area contributed by atoms with Crippen molar-refractivity contribution in [2.24, 2.45) is 5.16 Å². The maximum absolute atomic E-state index is 12.7. The summed E-state index contributed by atoms with van der Waals surface area (Å²) in [5, 5.41) is 13.3. The summed E-state index contributed by atoms with van der Waals surface area (Å²) in [7, 11) is 0. The van der Waals surface area contributed by atoms with Crippen LogP contribution in [-0.2, 0) is 0 Å². The van der Waals surface area contributed by atoms with Crippen molar-refractivity contribution in [3.8, 4) is 0 Å². The molecule has 4 aromatic rings. The molecule has 0 saturated heterocycles. The van der Waals surface area contributed by atoms with Crippen LogP contribution in [-0.4, -0.2) is 15.8 Å². The molecule has 0 unspecified atom stereocenters. The number of pyridine rings is 1. The summed E-state index contributed by atoms with van der Waals surface area (Å²) < 4.78 is 7.29. The molecule has 1 N–H and O–H groups in total. The van der Waals surface area contributed by atoms with E-state index in [2.05, 4.69) is 5.16 Å². The highest BCUT2D eigenvalue weighted by Crippen LogP contribution is 2.25. The number of rotatable bonds is 1. The van der Waals surface area contributed by atoms with E-state index in [4.69, 9.17) is 9.62 Å². The summed E-state index contributed by atoms with van der Waals surface area (Å²) in [6.07, 6.45) is 1.29. The number of fused-ring (bicyclic) bond motifs is 4. The van der Waals surface area contributed by atoms with Gasteiger partial charge in [-0.2, -0.15) is 0 Å². The predicted molar refractivity (Wildman–Crippen MR) is 80.3 cm³/mol. The van der Waals surface area contributed by atoms with Gasteiger partial charge in [-0.3, -0.25) is 4.79 Å². The fourth-order valence-electron chi connectivity index (χ4n) is 2.69. The summed E-state index contributed by atoms with van der Waals surface area (Å²) in [6, 6.07) is 14.5. The lowest BCUT2D eigenvalue weighted by Gasteiger charge is -2.03. The van der Waals surface area contributed by atoms with E-state index < -0.39 is 0 Å². The molecule has 0 aliphatic carbocycles. The van der Waals surface area contributed by atoms with Crippen molar-refractivity contribution in [1.82, 2.24) is 4.40 Å². The number of oxime groups is 1. The first kappa shape index (κ1) is 11.7. The fraction of sp³-hybridized carbons (Fsp3) is 0. The van der Waals surface area contributed by atoms with Crippen LogP contribution in [0.3, 0.4) is 0 Å². The quantitative estimate of drug-likeness (QED) is 0.330. The lowest BCUT2D eigenvalue weighted by atomic mass is 10.1. The minimum Gasteiger partial charge on any atom is -0.437 e. The second kappa shape index (κ2) is 4.21. The zero-order valence-electron chi connectivity index (χ0n) is 10.9. The third-order valence-corrected chi connectivity index (χ3v) is 3.58. The summed E-state index contributed by atoms with van der Waals surface area (Å²) in [6.45, 7) is 0. The molecule has 0 amide bonds. The van der Waals surface area contributed by atoms with E-state index in [1.54, 1.807) is 24.3 Å². The molecule has 5 nitrogen and oxygen atoms in total. The Labute approximate surface area is 118 Å². The lowest BCUT2D eigenvalue weighted by molar-refractivity contribution is 0.322. The Kier molecular flexibility index (Phi) is 2.35. The highest BCUT2D eigenvalue weighted by molar-refractivity contribution is 6.05. The first-order chi connectivity index (χ1) is 10.3. The molecular weight excluding hydrogens is 268 g/mol.